The van der Waals surface area contributed by atoms with Gasteiger partial charge in [-0.15, -0.1) is 0 Å². The van der Waals surface area contributed by atoms with Crippen molar-refractivity contribution in [1.29, 1.82) is 0 Å². The van der Waals surface area contributed by atoms with Crippen LogP contribution in [0.25, 0.3) is 0 Å². The fourth-order valence-electron chi connectivity index (χ4n) is 1.08. The Labute approximate surface area is 109 Å². The Morgan fingerprint density at radius 2 is 1.81 bits per heavy atom. The first-order chi connectivity index (χ1) is 7.21. The van der Waals surface area contributed by atoms with E-state index in [1.807, 2.05) is 18.2 Å². The molecule has 1 aromatic rings. The highest BCUT2D eigenvalue weighted by Gasteiger charge is 2.26. The van der Waals surface area contributed by atoms with E-state index in [4.69, 9.17) is 4.43 Å². The fourth-order valence-corrected chi connectivity index (χ4v) is 2.09. The lowest BCUT2D eigenvalue weighted by molar-refractivity contribution is 0.104. The lowest BCUT2D eigenvalue weighted by Gasteiger charge is -2.28. The van der Waals surface area contributed by atoms with E-state index in [0.29, 0.717) is 9.76 Å². The van der Waals surface area contributed by atoms with Crippen LogP contribution in [0.5, 0.6) is 0 Å². The highest BCUT2D eigenvalue weighted by atomic mass is 79.9. The molecule has 4 heteroatoms. The molecule has 0 aliphatic rings. The SMILES string of the molecule is CC(C)(C)[Si]OC(C)(C)c1cccc(Br)n1. The summed E-state index contributed by atoms with van der Waals surface area (Å²) in [5, 5.41) is 0.198. The second kappa shape index (κ2) is 4.98. The first-order valence-corrected chi connectivity index (χ1v) is 6.99. The summed E-state index contributed by atoms with van der Waals surface area (Å²) in [6, 6.07) is 5.90. The van der Waals surface area contributed by atoms with E-state index in [1.165, 1.54) is 0 Å². The van der Waals surface area contributed by atoms with E-state index in [0.717, 1.165) is 10.3 Å². The maximum absolute atomic E-state index is 5.98. The monoisotopic (exact) mass is 299 g/mol. The Balaban J connectivity index is 2.77. The molecule has 0 atom stereocenters. The van der Waals surface area contributed by atoms with Gasteiger partial charge in [0.15, 0.2) is 0 Å². The molecule has 2 nitrogen and oxygen atoms in total. The Bertz CT molecular complexity index is 360. The summed E-state index contributed by atoms with van der Waals surface area (Å²) in [4.78, 5) is 4.44. The molecule has 0 aliphatic carbocycles. The van der Waals surface area contributed by atoms with Crippen LogP contribution in [0.3, 0.4) is 0 Å². The molecule has 16 heavy (non-hydrogen) atoms. The molecule has 0 bridgehead atoms. The first kappa shape index (κ1) is 13.9. The molecule has 1 aromatic heterocycles. The van der Waals surface area contributed by atoms with E-state index in [9.17, 15) is 0 Å². The summed E-state index contributed by atoms with van der Waals surface area (Å²) in [5.41, 5.74) is 0.619. The summed E-state index contributed by atoms with van der Waals surface area (Å²) < 4.78 is 6.83. The molecule has 1 rings (SSSR count). The van der Waals surface area contributed by atoms with Crippen LogP contribution >= 0.6 is 15.9 Å². The van der Waals surface area contributed by atoms with Crippen molar-refractivity contribution in [3.63, 3.8) is 0 Å². The molecule has 0 saturated heterocycles. The molecule has 0 aliphatic heterocycles. The zero-order valence-corrected chi connectivity index (χ0v) is 13.1. The van der Waals surface area contributed by atoms with Crippen molar-refractivity contribution in [2.75, 3.05) is 0 Å². The van der Waals surface area contributed by atoms with Crippen LogP contribution in [-0.2, 0) is 10.0 Å². The normalized spacial score (nSPS) is 12.9. The highest BCUT2D eigenvalue weighted by molar-refractivity contribution is 9.10. The standard InChI is InChI=1S/C12H18BrNOSi/c1-11(2,3)16-15-12(4,5)9-7-6-8-10(13)14-9/h6-8H,1-5H3. The molecule has 88 valence electrons. The van der Waals surface area contributed by atoms with Crippen molar-refractivity contribution in [3.05, 3.63) is 28.5 Å². The van der Waals surface area contributed by atoms with Crippen LogP contribution in [0.1, 0.15) is 40.3 Å². The molecular formula is C12H18BrNOSi. The van der Waals surface area contributed by atoms with Gasteiger partial charge in [0.05, 0.1) is 11.3 Å². The lowest BCUT2D eigenvalue weighted by atomic mass is 10.1. The Morgan fingerprint density at radius 3 is 2.31 bits per heavy atom. The summed E-state index contributed by atoms with van der Waals surface area (Å²) in [6.45, 7) is 10.6. The minimum atomic E-state index is -0.338. The van der Waals surface area contributed by atoms with Gasteiger partial charge in [0.1, 0.15) is 4.60 Å². The number of hydrogen-bond acceptors (Lipinski definition) is 2. The first-order valence-electron chi connectivity index (χ1n) is 5.29. The fraction of sp³-hybridized carbons (Fsp3) is 0.583. The minimum absolute atomic E-state index is 0.198. The van der Waals surface area contributed by atoms with E-state index in [2.05, 4.69) is 55.5 Å². The molecule has 2 radical (unpaired) electrons. The van der Waals surface area contributed by atoms with E-state index >= 15 is 0 Å². The van der Waals surface area contributed by atoms with Crippen LogP contribution in [0, 0.1) is 0 Å². The maximum Gasteiger partial charge on any atom is 0.237 e. The number of halogens is 1. The maximum atomic E-state index is 5.98. The van der Waals surface area contributed by atoms with Gasteiger partial charge in [0.25, 0.3) is 0 Å². The zero-order valence-electron chi connectivity index (χ0n) is 10.5. The van der Waals surface area contributed by atoms with Gasteiger partial charge in [0.2, 0.25) is 9.76 Å². The van der Waals surface area contributed by atoms with Gasteiger partial charge >= 0.3 is 0 Å². The van der Waals surface area contributed by atoms with Crippen LogP contribution < -0.4 is 0 Å². The molecule has 0 spiro atoms. The third kappa shape index (κ3) is 4.35. The number of hydrogen-bond donors (Lipinski definition) is 0. The van der Waals surface area contributed by atoms with Crippen molar-refractivity contribution in [2.24, 2.45) is 0 Å². The molecule has 0 amide bonds. The topological polar surface area (TPSA) is 22.1 Å². The zero-order chi connectivity index (χ0) is 12.4. The lowest BCUT2D eigenvalue weighted by Crippen LogP contribution is -2.28. The van der Waals surface area contributed by atoms with E-state index in [1.54, 1.807) is 0 Å². The van der Waals surface area contributed by atoms with Crippen molar-refractivity contribution < 1.29 is 4.43 Å². The molecule has 1 heterocycles. The van der Waals surface area contributed by atoms with Gasteiger partial charge in [-0.05, 0) is 46.9 Å². The van der Waals surface area contributed by atoms with Crippen LogP contribution in [-0.4, -0.2) is 14.7 Å². The van der Waals surface area contributed by atoms with Gasteiger partial charge in [-0.3, -0.25) is 0 Å². The third-order valence-electron chi connectivity index (χ3n) is 1.94. The number of pyridine rings is 1. The largest absolute Gasteiger partial charge is 0.406 e. The number of nitrogens with zero attached hydrogens (tertiary/aromatic N) is 1. The molecule has 0 N–H and O–H groups in total. The summed E-state index contributed by atoms with van der Waals surface area (Å²) in [6.07, 6.45) is 0. The Kier molecular flexibility index (Phi) is 4.32. The second-order valence-corrected chi connectivity index (χ2v) is 8.03. The van der Waals surface area contributed by atoms with Gasteiger partial charge in [-0.1, -0.05) is 26.8 Å². The van der Waals surface area contributed by atoms with Crippen molar-refractivity contribution in [3.8, 4) is 0 Å². The predicted octanol–water partition coefficient (Wildman–Crippen LogP) is 3.93. The molecule has 0 fully saturated rings. The molecule has 0 aromatic carbocycles. The third-order valence-corrected chi connectivity index (χ3v) is 3.61. The summed E-state index contributed by atoms with van der Waals surface area (Å²) in [5.74, 6) is 0. The summed E-state index contributed by atoms with van der Waals surface area (Å²) >= 11 is 3.38. The van der Waals surface area contributed by atoms with Crippen LogP contribution in [0.4, 0.5) is 0 Å². The smallest absolute Gasteiger partial charge is 0.237 e. The van der Waals surface area contributed by atoms with Crippen LogP contribution in [0.15, 0.2) is 22.8 Å². The average molecular weight is 300 g/mol. The average Bonchev–Trinajstić information content (AvgIpc) is 2.14. The number of aromatic nitrogens is 1. The summed E-state index contributed by atoms with van der Waals surface area (Å²) in [7, 11) is 0.460. The molecule has 0 saturated carbocycles. The quantitative estimate of drug-likeness (QED) is 0.623. The van der Waals surface area contributed by atoms with Crippen molar-refractivity contribution >= 4 is 25.7 Å². The predicted molar refractivity (Wildman–Crippen MR) is 71.5 cm³/mol. The Morgan fingerprint density at radius 1 is 1.19 bits per heavy atom. The van der Waals surface area contributed by atoms with Gasteiger partial charge in [-0.2, -0.15) is 0 Å². The van der Waals surface area contributed by atoms with E-state index in [-0.39, 0.29) is 10.6 Å². The van der Waals surface area contributed by atoms with Crippen molar-refractivity contribution in [2.45, 2.75) is 45.3 Å². The molecule has 0 unspecified atom stereocenters. The van der Waals surface area contributed by atoms with Gasteiger partial charge in [0, 0.05) is 0 Å². The minimum Gasteiger partial charge on any atom is -0.406 e. The van der Waals surface area contributed by atoms with E-state index < -0.39 is 0 Å². The highest BCUT2D eigenvalue weighted by Crippen LogP contribution is 2.28. The second-order valence-electron chi connectivity index (χ2n) is 5.31. The Hall–Kier alpha value is -0.193. The molecular weight excluding hydrogens is 282 g/mol. The van der Waals surface area contributed by atoms with Crippen LogP contribution in [0.2, 0.25) is 5.04 Å². The van der Waals surface area contributed by atoms with Gasteiger partial charge in [-0.25, -0.2) is 4.98 Å². The number of rotatable bonds is 3. The van der Waals surface area contributed by atoms with Gasteiger partial charge < -0.3 is 4.43 Å². The van der Waals surface area contributed by atoms with Crippen molar-refractivity contribution in [1.82, 2.24) is 4.98 Å².